The number of hydrogen-bond acceptors (Lipinski definition) is 9. The summed E-state index contributed by atoms with van der Waals surface area (Å²) < 4.78 is 0.988. The Kier molecular flexibility index (Phi) is 4.53. The van der Waals surface area contributed by atoms with Crippen molar-refractivity contribution in [3.63, 3.8) is 0 Å². The molecule has 0 fully saturated rings. The van der Waals surface area contributed by atoms with E-state index in [0.717, 1.165) is 21.3 Å². The number of thiazole rings is 1. The van der Waals surface area contributed by atoms with Crippen LogP contribution in [0.5, 0.6) is 0 Å². The van der Waals surface area contributed by atoms with Gasteiger partial charge in [0.05, 0.1) is 15.1 Å². The van der Waals surface area contributed by atoms with E-state index in [9.17, 15) is 10.1 Å². The van der Waals surface area contributed by atoms with E-state index in [0.29, 0.717) is 10.9 Å². The third-order valence-corrected chi connectivity index (χ3v) is 5.03. The minimum Gasteiger partial charge on any atom is -0.319 e. The van der Waals surface area contributed by atoms with Crippen LogP contribution in [0.1, 0.15) is 11.1 Å². The third-order valence-electron chi connectivity index (χ3n) is 4.10. The summed E-state index contributed by atoms with van der Waals surface area (Å²) in [4.78, 5) is 28.0. The van der Waals surface area contributed by atoms with E-state index >= 15 is 0 Å². The molecule has 0 saturated carbocycles. The topological polar surface area (TPSA) is 119 Å². The molecule has 3 heterocycles. The van der Waals surface area contributed by atoms with E-state index in [-0.39, 0.29) is 17.3 Å². The van der Waals surface area contributed by atoms with Crippen LogP contribution < -0.4 is 10.6 Å². The van der Waals surface area contributed by atoms with Crippen molar-refractivity contribution in [2.45, 2.75) is 13.8 Å². The second kappa shape index (κ2) is 7.16. The lowest BCUT2D eigenvalue weighted by molar-refractivity contribution is -0.383. The first kappa shape index (κ1) is 17.7. The highest BCUT2D eigenvalue weighted by molar-refractivity contribution is 7.22. The van der Waals surface area contributed by atoms with Crippen molar-refractivity contribution < 1.29 is 4.92 Å². The smallest absolute Gasteiger partial charge is 0.319 e. The summed E-state index contributed by atoms with van der Waals surface area (Å²) in [5, 5.41) is 18.2. The van der Waals surface area contributed by atoms with Crippen LogP contribution in [-0.4, -0.2) is 24.9 Å². The van der Waals surface area contributed by atoms with Gasteiger partial charge in [-0.1, -0.05) is 29.5 Å². The average Bonchev–Trinajstić information content (AvgIpc) is 3.07. The number of benzene rings is 1. The Balaban J connectivity index is 1.73. The number of para-hydroxylation sites is 1. The first-order valence-electron chi connectivity index (χ1n) is 8.34. The zero-order valence-corrected chi connectivity index (χ0v) is 15.8. The molecule has 10 heteroatoms. The number of anilines is 4. The van der Waals surface area contributed by atoms with Crippen molar-refractivity contribution in [3.05, 3.63) is 64.1 Å². The molecule has 0 spiro atoms. The van der Waals surface area contributed by atoms with Gasteiger partial charge in [0.2, 0.25) is 11.6 Å². The van der Waals surface area contributed by atoms with Gasteiger partial charge in [-0.15, -0.1) is 0 Å². The lowest BCUT2D eigenvalue weighted by atomic mass is 10.2. The van der Waals surface area contributed by atoms with E-state index in [1.807, 2.05) is 38.1 Å². The molecule has 0 atom stereocenters. The van der Waals surface area contributed by atoms with Crippen LogP contribution >= 0.6 is 11.3 Å². The Hall–Kier alpha value is -3.66. The molecule has 0 unspecified atom stereocenters. The van der Waals surface area contributed by atoms with Crippen molar-refractivity contribution in [2.24, 2.45) is 0 Å². The number of rotatable bonds is 5. The zero-order chi connectivity index (χ0) is 19.7. The summed E-state index contributed by atoms with van der Waals surface area (Å²) in [6.45, 7) is 3.82. The second-order valence-electron chi connectivity index (χ2n) is 6.04. The molecule has 0 radical (unpaired) electrons. The third kappa shape index (κ3) is 3.32. The molecule has 28 heavy (non-hydrogen) atoms. The lowest BCUT2D eigenvalue weighted by Crippen LogP contribution is -2.06. The van der Waals surface area contributed by atoms with Crippen LogP contribution in [0.4, 0.5) is 28.3 Å². The zero-order valence-electron chi connectivity index (χ0n) is 15.0. The molecule has 0 saturated heterocycles. The van der Waals surface area contributed by atoms with E-state index in [1.54, 1.807) is 12.3 Å². The Labute approximate surface area is 163 Å². The summed E-state index contributed by atoms with van der Waals surface area (Å²) >= 11 is 1.40. The summed E-state index contributed by atoms with van der Waals surface area (Å²) in [7, 11) is 0. The van der Waals surface area contributed by atoms with Gasteiger partial charge in [-0.25, -0.2) is 19.9 Å². The first-order valence-corrected chi connectivity index (χ1v) is 9.16. The van der Waals surface area contributed by atoms with Crippen molar-refractivity contribution in [2.75, 3.05) is 10.6 Å². The molecule has 9 nitrogen and oxygen atoms in total. The van der Waals surface area contributed by atoms with Crippen LogP contribution in [0, 0.1) is 24.0 Å². The van der Waals surface area contributed by atoms with E-state index in [2.05, 4.69) is 30.6 Å². The molecule has 140 valence electrons. The predicted octanol–water partition coefficient (Wildman–Crippen LogP) is 4.49. The standard InChI is InChI=1S/C18H15N7O2S/c1-10-5-3-7-12-13(10)22-18(28-12)24-17-14(25(26)27)16(20-9-21-17)23-15-11(2)6-4-8-19-15/h3-9H,1-2H3,(H2,19,20,21,22,23,24). The largest absolute Gasteiger partial charge is 0.354 e. The molecule has 3 aromatic heterocycles. The summed E-state index contributed by atoms with van der Waals surface area (Å²) in [5.41, 5.74) is 2.45. The monoisotopic (exact) mass is 393 g/mol. The van der Waals surface area contributed by atoms with Gasteiger partial charge in [0.15, 0.2) is 5.13 Å². The van der Waals surface area contributed by atoms with Crippen molar-refractivity contribution in [1.82, 2.24) is 19.9 Å². The number of hydrogen-bond donors (Lipinski definition) is 2. The van der Waals surface area contributed by atoms with Crippen LogP contribution in [0.3, 0.4) is 0 Å². The van der Waals surface area contributed by atoms with E-state index in [1.165, 1.54) is 17.7 Å². The minimum atomic E-state index is -0.526. The number of aromatic nitrogens is 4. The molecule has 0 aliphatic heterocycles. The maximum atomic E-state index is 11.7. The summed E-state index contributed by atoms with van der Waals surface area (Å²) in [5.74, 6) is 0.611. The first-order chi connectivity index (χ1) is 13.5. The quantitative estimate of drug-likeness (QED) is 0.376. The highest BCUT2D eigenvalue weighted by atomic mass is 32.1. The fourth-order valence-corrected chi connectivity index (χ4v) is 3.65. The second-order valence-corrected chi connectivity index (χ2v) is 7.07. The molecular weight excluding hydrogens is 378 g/mol. The Morgan fingerprint density at radius 1 is 0.964 bits per heavy atom. The minimum absolute atomic E-state index is 0.0570. The van der Waals surface area contributed by atoms with Gasteiger partial charge in [0.25, 0.3) is 0 Å². The Morgan fingerprint density at radius 3 is 2.43 bits per heavy atom. The van der Waals surface area contributed by atoms with Crippen molar-refractivity contribution >= 4 is 49.8 Å². The number of fused-ring (bicyclic) bond motifs is 1. The lowest BCUT2D eigenvalue weighted by Gasteiger charge is -2.09. The molecule has 4 rings (SSSR count). The molecule has 0 amide bonds. The number of nitrogens with zero attached hydrogens (tertiary/aromatic N) is 5. The molecule has 1 aromatic carbocycles. The van der Waals surface area contributed by atoms with Gasteiger partial charge in [-0.3, -0.25) is 10.1 Å². The fraction of sp³-hybridized carbons (Fsp3) is 0.111. The predicted molar refractivity (Wildman–Crippen MR) is 109 cm³/mol. The van der Waals surface area contributed by atoms with Gasteiger partial charge < -0.3 is 10.6 Å². The van der Waals surface area contributed by atoms with Crippen LogP contribution in [-0.2, 0) is 0 Å². The fourth-order valence-electron chi connectivity index (χ4n) is 2.70. The van der Waals surface area contributed by atoms with Crippen molar-refractivity contribution in [3.8, 4) is 0 Å². The summed E-state index contributed by atoms with van der Waals surface area (Å²) in [6.07, 6.45) is 2.86. The Morgan fingerprint density at radius 2 is 1.71 bits per heavy atom. The molecule has 4 aromatic rings. The molecule has 0 aliphatic carbocycles. The number of pyridine rings is 1. The molecule has 0 aliphatic rings. The van der Waals surface area contributed by atoms with Gasteiger partial charge in [0, 0.05) is 6.20 Å². The van der Waals surface area contributed by atoms with Gasteiger partial charge in [0.1, 0.15) is 12.1 Å². The normalized spacial score (nSPS) is 10.8. The van der Waals surface area contributed by atoms with Crippen LogP contribution in [0.15, 0.2) is 42.9 Å². The molecule has 2 N–H and O–H groups in total. The number of nitro groups is 1. The Bertz CT molecular complexity index is 1190. The van der Waals surface area contributed by atoms with Crippen LogP contribution in [0.2, 0.25) is 0 Å². The van der Waals surface area contributed by atoms with Crippen LogP contribution in [0.25, 0.3) is 10.2 Å². The molecular formula is C18H15N7O2S. The highest BCUT2D eigenvalue weighted by Gasteiger charge is 2.24. The van der Waals surface area contributed by atoms with E-state index < -0.39 is 4.92 Å². The van der Waals surface area contributed by atoms with Gasteiger partial charge in [-0.05, 0) is 37.1 Å². The average molecular weight is 393 g/mol. The number of aryl methyl sites for hydroxylation is 2. The highest BCUT2D eigenvalue weighted by Crippen LogP contribution is 2.35. The van der Waals surface area contributed by atoms with Crippen molar-refractivity contribution in [1.29, 1.82) is 0 Å². The molecule has 0 bridgehead atoms. The van der Waals surface area contributed by atoms with Gasteiger partial charge in [-0.2, -0.15) is 0 Å². The number of nitrogens with one attached hydrogen (secondary N) is 2. The maximum Gasteiger partial charge on any atom is 0.354 e. The SMILES string of the molecule is Cc1cccnc1Nc1ncnc(Nc2nc3c(C)cccc3s2)c1[N+](=O)[O-]. The van der Waals surface area contributed by atoms with E-state index in [4.69, 9.17) is 0 Å². The maximum absolute atomic E-state index is 11.7. The summed E-state index contributed by atoms with van der Waals surface area (Å²) in [6, 6.07) is 9.51. The van der Waals surface area contributed by atoms with Gasteiger partial charge >= 0.3 is 5.69 Å².